The van der Waals surface area contributed by atoms with Crippen molar-refractivity contribution in [2.45, 2.75) is 34.1 Å². The number of rotatable bonds is 2. The lowest BCUT2D eigenvalue weighted by Crippen LogP contribution is -2.04. The molecule has 0 atom stereocenters. The quantitative estimate of drug-likeness (QED) is 0.605. The normalized spacial score (nSPS) is 14.4. The van der Waals surface area contributed by atoms with Crippen LogP contribution in [0.3, 0.4) is 0 Å². The van der Waals surface area contributed by atoms with E-state index in [-0.39, 0.29) is 0 Å². The molecule has 0 bridgehead atoms. The van der Waals surface area contributed by atoms with Crippen molar-refractivity contribution in [3.05, 3.63) is 58.2 Å². The van der Waals surface area contributed by atoms with Crippen LogP contribution in [0.2, 0.25) is 0 Å². The number of benzene rings is 1. The Balaban J connectivity index is 2.31. The molecule has 0 fully saturated rings. The molecule has 0 saturated heterocycles. The molecule has 0 unspecified atom stereocenters. The van der Waals surface area contributed by atoms with Crippen LogP contribution < -0.4 is 4.74 Å². The van der Waals surface area contributed by atoms with Gasteiger partial charge in [0.2, 0.25) is 0 Å². The van der Waals surface area contributed by atoms with E-state index in [9.17, 15) is 4.79 Å². The molecule has 3 heteroatoms. The molecule has 0 aliphatic heterocycles. The smallest absolute Gasteiger partial charge is 0.449 e. The van der Waals surface area contributed by atoms with E-state index in [4.69, 9.17) is 9.84 Å². The summed E-state index contributed by atoms with van der Waals surface area (Å²) < 4.78 is 4.73. The molecule has 3 nitrogen and oxygen atoms in total. The number of aryl methyl sites for hydroxylation is 1. The van der Waals surface area contributed by atoms with Gasteiger partial charge in [0.05, 0.1) is 0 Å². The van der Waals surface area contributed by atoms with Gasteiger partial charge >= 0.3 is 6.16 Å². The summed E-state index contributed by atoms with van der Waals surface area (Å²) in [7, 11) is 0. The zero-order valence-electron chi connectivity index (χ0n) is 12.9. The first-order chi connectivity index (χ1) is 9.88. The maximum Gasteiger partial charge on any atom is 0.511 e. The first-order valence-corrected chi connectivity index (χ1v) is 6.95. The first kappa shape index (κ1) is 15.1. The van der Waals surface area contributed by atoms with Gasteiger partial charge in [-0.2, -0.15) is 0 Å². The van der Waals surface area contributed by atoms with Crippen molar-refractivity contribution < 1.29 is 14.6 Å². The highest BCUT2D eigenvalue weighted by molar-refractivity contribution is 5.78. The van der Waals surface area contributed by atoms with Gasteiger partial charge in [-0.1, -0.05) is 23.8 Å². The third-order valence-electron chi connectivity index (χ3n) is 3.68. The van der Waals surface area contributed by atoms with Crippen LogP contribution >= 0.6 is 0 Å². The molecule has 0 amide bonds. The minimum absolute atomic E-state index is 0.383. The van der Waals surface area contributed by atoms with Crippen LogP contribution in [0.4, 0.5) is 4.79 Å². The van der Waals surface area contributed by atoms with Gasteiger partial charge in [-0.25, -0.2) is 4.79 Å². The summed E-state index contributed by atoms with van der Waals surface area (Å²) in [6, 6.07) is 5.56. The standard InChI is InChI=1S/C18H20O3/c1-11(2)16-7-5-14(9-12(16)3)15-6-8-17(13(4)10-15)21-18(19)20/h5-6,8-10H,7H2,1-4H3,(H,19,20). The summed E-state index contributed by atoms with van der Waals surface area (Å²) in [6.07, 6.45) is 4.04. The fraction of sp³-hybridized carbons (Fsp3) is 0.278. The van der Waals surface area contributed by atoms with E-state index in [1.165, 1.54) is 22.3 Å². The van der Waals surface area contributed by atoms with Crippen LogP contribution in [0.15, 0.2) is 47.1 Å². The van der Waals surface area contributed by atoms with Gasteiger partial charge in [0.1, 0.15) is 5.75 Å². The van der Waals surface area contributed by atoms with E-state index in [0.29, 0.717) is 5.75 Å². The molecule has 1 aliphatic carbocycles. The van der Waals surface area contributed by atoms with Crippen LogP contribution in [0.5, 0.6) is 5.75 Å². The molecule has 0 saturated carbocycles. The molecule has 1 aromatic rings. The molecule has 0 aromatic heterocycles. The molecular formula is C18H20O3. The van der Waals surface area contributed by atoms with Crippen molar-refractivity contribution in [2.75, 3.05) is 0 Å². The molecule has 1 N–H and O–H groups in total. The summed E-state index contributed by atoms with van der Waals surface area (Å²) in [5.41, 5.74) is 7.09. The average molecular weight is 284 g/mol. The van der Waals surface area contributed by atoms with E-state index in [2.05, 4.69) is 32.9 Å². The zero-order chi connectivity index (χ0) is 15.6. The van der Waals surface area contributed by atoms with Crippen LogP contribution in [-0.4, -0.2) is 11.3 Å². The Morgan fingerprint density at radius 2 is 1.95 bits per heavy atom. The van der Waals surface area contributed by atoms with E-state index in [1.54, 1.807) is 6.07 Å². The van der Waals surface area contributed by atoms with Gasteiger partial charge < -0.3 is 9.84 Å². The predicted molar refractivity (Wildman–Crippen MR) is 84.6 cm³/mol. The summed E-state index contributed by atoms with van der Waals surface area (Å²) in [5.74, 6) is 0.383. The summed E-state index contributed by atoms with van der Waals surface area (Å²) >= 11 is 0. The summed E-state index contributed by atoms with van der Waals surface area (Å²) in [5, 5.41) is 8.68. The Kier molecular flexibility index (Phi) is 4.32. The highest BCUT2D eigenvalue weighted by atomic mass is 16.7. The molecule has 0 radical (unpaired) electrons. The van der Waals surface area contributed by atoms with E-state index >= 15 is 0 Å². The predicted octanol–water partition coefficient (Wildman–Crippen LogP) is 5.12. The minimum atomic E-state index is -1.29. The molecule has 110 valence electrons. The number of carbonyl (C=O) groups is 1. The summed E-state index contributed by atoms with van der Waals surface area (Å²) in [6.45, 7) is 8.24. The Morgan fingerprint density at radius 3 is 2.48 bits per heavy atom. The van der Waals surface area contributed by atoms with Gasteiger partial charge in [0.25, 0.3) is 0 Å². The van der Waals surface area contributed by atoms with Crippen molar-refractivity contribution >= 4 is 11.7 Å². The third kappa shape index (κ3) is 3.43. The second kappa shape index (κ2) is 6.00. The first-order valence-electron chi connectivity index (χ1n) is 6.95. The minimum Gasteiger partial charge on any atom is -0.449 e. The van der Waals surface area contributed by atoms with Crippen molar-refractivity contribution in [1.29, 1.82) is 0 Å². The van der Waals surface area contributed by atoms with Crippen molar-refractivity contribution in [1.82, 2.24) is 0 Å². The SMILES string of the molecule is CC1=CC(c2ccc(OC(=O)O)c(C)c2)=CCC1=C(C)C. The van der Waals surface area contributed by atoms with Crippen LogP contribution in [0, 0.1) is 6.92 Å². The lowest BCUT2D eigenvalue weighted by molar-refractivity contribution is 0.144. The highest BCUT2D eigenvalue weighted by Gasteiger charge is 2.12. The Labute approximate surface area is 125 Å². The molecule has 2 rings (SSSR count). The maximum absolute atomic E-state index is 10.6. The fourth-order valence-corrected chi connectivity index (χ4v) is 2.59. The van der Waals surface area contributed by atoms with Gasteiger partial charge in [0, 0.05) is 0 Å². The second-order valence-corrected chi connectivity index (χ2v) is 5.52. The average Bonchev–Trinajstić information content (AvgIpc) is 2.40. The van der Waals surface area contributed by atoms with Crippen LogP contribution in [0.25, 0.3) is 5.57 Å². The van der Waals surface area contributed by atoms with Crippen LogP contribution in [-0.2, 0) is 0 Å². The fourth-order valence-electron chi connectivity index (χ4n) is 2.59. The Morgan fingerprint density at radius 1 is 1.24 bits per heavy atom. The Hall–Kier alpha value is -2.29. The van der Waals surface area contributed by atoms with Crippen molar-refractivity contribution in [2.24, 2.45) is 0 Å². The molecule has 1 aromatic carbocycles. The van der Waals surface area contributed by atoms with Crippen molar-refractivity contribution in [3.63, 3.8) is 0 Å². The number of hydrogen-bond acceptors (Lipinski definition) is 2. The van der Waals surface area contributed by atoms with Gasteiger partial charge in [0.15, 0.2) is 0 Å². The zero-order valence-corrected chi connectivity index (χ0v) is 12.9. The summed E-state index contributed by atoms with van der Waals surface area (Å²) in [4.78, 5) is 10.6. The highest BCUT2D eigenvalue weighted by Crippen LogP contribution is 2.32. The Bertz CT molecular complexity index is 672. The molecule has 21 heavy (non-hydrogen) atoms. The lowest BCUT2D eigenvalue weighted by atomic mass is 9.89. The van der Waals surface area contributed by atoms with E-state index < -0.39 is 6.16 Å². The number of allylic oxidation sites excluding steroid dienone is 6. The van der Waals surface area contributed by atoms with Crippen LogP contribution in [0.1, 0.15) is 38.3 Å². The third-order valence-corrected chi connectivity index (χ3v) is 3.68. The molecule has 0 spiro atoms. The largest absolute Gasteiger partial charge is 0.511 e. The second-order valence-electron chi connectivity index (χ2n) is 5.52. The van der Waals surface area contributed by atoms with E-state index in [0.717, 1.165) is 17.5 Å². The molecule has 1 aliphatic rings. The number of ether oxygens (including phenoxy) is 1. The lowest BCUT2D eigenvalue weighted by Gasteiger charge is -2.17. The molecule has 0 heterocycles. The van der Waals surface area contributed by atoms with Gasteiger partial charge in [-0.15, -0.1) is 0 Å². The molecular weight excluding hydrogens is 264 g/mol. The maximum atomic E-state index is 10.6. The van der Waals surface area contributed by atoms with Crippen molar-refractivity contribution in [3.8, 4) is 5.75 Å². The number of carboxylic acid groups (broad SMARTS) is 1. The topological polar surface area (TPSA) is 46.5 Å². The van der Waals surface area contributed by atoms with E-state index in [1.807, 2.05) is 19.1 Å². The monoisotopic (exact) mass is 284 g/mol. The van der Waals surface area contributed by atoms with Gasteiger partial charge in [-0.3, -0.25) is 0 Å². The number of hydrogen-bond donors (Lipinski definition) is 1. The van der Waals surface area contributed by atoms with Gasteiger partial charge in [-0.05, 0) is 74.1 Å².